The Hall–Kier alpha value is -0.780. The summed E-state index contributed by atoms with van der Waals surface area (Å²) in [7, 11) is 0. The van der Waals surface area contributed by atoms with Crippen LogP contribution in [0.3, 0.4) is 0 Å². The fourth-order valence-electron chi connectivity index (χ4n) is 2.08. The summed E-state index contributed by atoms with van der Waals surface area (Å²) < 4.78 is 36.1. The molecule has 2 atom stereocenters. The number of alkyl halides is 3. The molecular formula is C11H19F3N2O. The van der Waals surface area contributed by atoms with Crippen molar-refractivity contribution >= 4 is 5.91 Å². The number of hydrogen-bond acceptors (Lipinski definition) is 2. The maximum Gasteiger partial charge on any atom is 0.389 e. The maximum absolute atomic E-state index is 12.0. The third kappa shape index (κ3) is 4.18. The molecule has 0 aromatic rings. The van der Waals surface area contributed by atoms with Gasteiger partial charge in [-0.25, -0.2) is 0 Å². The van der Waals surface area contributed by atoms with Crippen LogP contribution in [-0.4, -0.2) is 35.7 Å². The standard InChI is InChI=1S/C11H19F3N2O/c1-3-5-9-15-8(2)10(17)16(9)7-4-6-11(12,13)14/h8-9,15H,3-7H2,1-2H3. The second-order valence-corrected chi connectivity index (χ2v) is 4.44. The van der Waals surface area contributed by atoms with Gasteiger partial charge in [-0.1, -0.05) is 13.3 Å². The van der Waals surface area contributed by atoms with Crippen molar-refractivity contribution in [3.05, 3.63) is 0 Å². The molecule has 1 amide bonds. The van der Waals surface area contributed by atoms with E-state index in [1.807, 2.05) is 6.92 Å². The average Bonchev–Trinajstić information content (AvgIpc) is 2.44. The first-order chi connectivity index (χ1) is 7.85. The Balaban J connectivity index is 2.46. The molecule has 0 radical (unpaired) electrons. The van der Waals surface area contributed by atoms with E-state index in [1.165, 1.54) is 0 Å². The quantitative estimate of drug-likeness (QED) is 0.814. The number of hydrogen-bond donors (Lipinski definition) is 1. The van der Waals surface area contributed by atoms with E-state index >= 15 is 0 Å². The summed E-state index contributed by atoms with van der Waals surface area (Å²) in [6.45, 7) is 3.91. The molecule has 1 saturated heterocycles. The summed E-state index contributed by atoms with van der Waals surface area (Å²) in [6, 6.07) is -0.280. The Morgan fingerprint density at radius 2 is 2.06 bits per heavy atom. The monoisotopic (exact) mass is 252 g/mol. The van der Waals surface area contributed by atoms with Crippen molar-refractivity contribution in [2.45, 2.75) is 57.9 Å². The Kier molecular flexibility index (Phi) is 4.80. The van der Waals surface area contributed by atoms with E-state index in [0.717, 1.165) is 12.8 Å². The van der Waals surface area contributed by atoms with Gasteiger partial charge in [-0.05, 0) is 19.8 Å². The second kappa shape index (κ2) is 5.71. The highest BCUT2D eigenvalue weighted by Crippen LogP contribution is 2.23. The minimum Gasteiger partial charge on any atom is -0.326 e. The van der Waals surface area contributed by atoms with Gasteiger partial charge in [-0.2, -0.15) is 13.2 Å². The SMILES string of the molecule is CCCC1NC(C)C(=O)N1CCCC(F)(F)F. The fourth-order valence-corrected chi connectivity index (χ4v) is 2.08. The molecule has 0 aliphatic carbocycles. The third-order valence-corrected chi connectivity index (χ3v) is 2.89. The first-order valence-electron chi connectivity index (χ1n) is 5.98. The molecule has 0 bridgehead atoms. The molecule has 1 rings (SSSR count). The van der Waals surface area contributed by atoms with E-state index in [4.69, 9.17) is 0 Å². The number of rotatable bonds is 5. The van der Waals surface area contributed by atoms with Crippen LogP contribution in [0.4, 0.5) is 13.2 Å². The van der Waals surface area contributed by atoms with E-state index in [2.05, 4.69) is 5.32 Å². The van der Waals surface area contributed by atoms with Gasteiger partial charge in [0.05, 0.1) is 12.2 Å². The van der Waals surface area contributed by atoms with Gasteiger partial charge in [0, 0.05) is 13.0 Å². The minimum atomic E-state index is -4.14. The Morgan fingerprint density at radius 1 is 1.41 bits per heavy atom. The van der Waals surface area contributed by atoms with Crippen molar-refractivity contribution in [3.63, 3.8) is 0 Å². The zero-order valence-corrected chi connectivity index (χ0v) is 10.2. The molecule has 17 heavy (non-hydrogen) atoms. The van der Waals surface area contributed by atoms with Gasteiger partial charge in [0.2, 0.25) is 5.91 Å². The van der Waals surface area contributed by atoms with E-state index in [9.17, 15) is 18.0 Å². The zero-order valence-electron chi connectivity index (χ0n) is 10.2. The smallest absolute Gasteiger partial charge is 0.326 e. The maximum atomic E-state index is 12.0. The molecule has 1 aliphatic rings. The van der Waals surface area contributed by atoms with E-state index < -0.39 is 12.6 Å². The molecule has 1 N–H and O–H groups in total. The lowest BCUT2D eigenvalue weighted by molar-refractivity contribution is -0.140. The Morgan fingerprint density at radius 3 is 2.59 bits per heavy atom. The van der Waals surface area contributed by atoms with E-state index in [-0.39, 0.29) is 31.1 Å². The summed E-state index contributed by atoms with van der Waals surface area (Å²) in [5.74, 6) is -0.0920. The van der Waals surface area contributed by atoms with Crippen LogP contribution < -0.4 is 5.32 Å². The molecule has 2 unspecified atom stereocenters. The number of halogens is 3. The van der Waals surface area contributed by atoms with E-state index in [0.29, 0.717) is 0 Å². The van der Waals surface area contributed by atoms with Crippen molar-refractivity contribution < 1.29 is 18.0 Å². The van der Waals surface area contributed by atoms with Crippen molar-refractivity contribution in [2.75, 3.05) is 6.54 Å². The highest BCUT2D eigenvalue weighted by Gasteiger charge is 2.36. The molecular weight excluding hydrogens is 233 g/mol. The van der Waals surface area contributed by atoms with Gasteiger partial charge in [0.1, 0.15) is 0 Å². The summed E-state index contributed by atoms with van der Waals surface area (Å²) in [5.41, 5.74) is 0. The fraction of sp³-hybridized carbons (Fsp3) is 0.909. The first kappa shape index (κ1) is 14.3. The van der Waals surface area contributed by atoms with E-state index in [1.54, 1.807) is 11.8 Å². The summed E-state index contributed by atoms with van der Waals surface area (Å²) in [5, 5.41) is 3.10. The molecule has 0 saturated carbocycles. The second-order valence-electron chi connectivity index (χ2n) is 4.44. The van der Waals surface area contributed by atoms with Crippen LogP contribution in [0.25, 0.3) is 0 Å². The van der Waals surface area contributed by atoms with Gasteiger partial charge in [0.15, 0.2) is 0 Å². The molecule has 3 nitrogen and oxygen atoms in total. The summed E-state index contributed by atoms with van der Waals surface area (Å²) >= 11 is 0. The third-order valence-electron chi connectivity index (χ3n) is 2.89. The van der Waals surface area contributed by atoms with Gasteiger partial charge in [-0.15, -0.1) is 0 Å². The van der Waals surface area contributed by atoms with Crippen LogP contribution in [0.2, 0.25) is 0 Å². The molecule has 6 heteroatoms. The number of carbonyl (C=O) groups is 1. The predicted molar refractivity (Wildman–Crippen MR) is 58.3 cm³/mol. The van der Waals surface area contributed by atoms with Crippen LogP contribution in [0.1, 0.15) is 39.5 Å². The van der Waals surface area contributed by atoms with Crippen molar-refractivity contribution in [1.29, 1.82) is 0 Å². The lowest BCUT2D eigenvalue weighted by Gasteiger charge is -2.24. The highest BCUT2D eigenvalue weighted by atomic mass is 19.4. The predicted octanol–water partition coefficient (Wildman–Crippen LogP) is 2.28. The molecule has 100 valence electrons. The first-order valence-corrected chi connectivity index (χ1v) is 5.98. The largest absolute Gasteiger partial charge is 0.389 e. The number of amides is 1. The summed E-state index contributed by atoms with van der Waals surface area (Å²) in [4.78, 5) is 13.3. The molecule has 1 aliphatic heterocycles. The number of carbonyl (C=O) groups excluding carboxylic acids is 1. The Bertz CT molecular complexity index is 268. The minimum absolute atomic E-state index is 0.0240. The molecule has 0 aromatic carbocycles. The molecule has 1 heterocycles. The van der Waals surface area contributed by atoms with Crippen molar-refractivity contribution in [2.24, 2.45) is 0 Å². The normalized spacial score (nSPS) is 25.7. The van der Waals surface area contributed by atoms with Crippen LogP contribution in [0, 0.1) is 0 Å². The van der Waals surface area contributed by atoms with Crippen LogP contribution in [-0.2, 0) is 4.79 Å². The molecule has 0 aromatic heterocycles. The lowest BCUT2D eigenvalue weighted by atomic mass is 10.2. The number of nitrogens with zero attached hydrogens (tertiary/aromatic N) is 1. The van der Waals surface area contributed by atoms with Crippen LogP contribution in [0.15, 0.2) is 0 Å². The topological polar surface area (TPSA) is 32.3 Å². The van der Waals surface area contributed by atoms with Gasteiger partial charge < -0.3 is 4.90 Å². The summed E-state index contributed by atoms with van der Waals surface area (Å²) in [6.07, 6.45) is -3.42. The van der Waals surface area contributed by atoms with Gasteiger partial charge in [0.25, 0.3) is 0 Å². The molecule has 1 fully saturated rings. The molecule has 0 spiro atoms. The number of nitrogens with one attached hydrogen (secondary N) is 1. The average molecular weight is 252 g/mol. The van der Waals surface area contributed by atoms with Crippen molar-refractivity contribution in [1.82, 2.24) is 10.2 Å². The lowest BCUT2D eigenvalue weighted by Crippen LogP contribution is -2.38. The van der Waals surface area contributed by atoms with Crippen molar-refractivity contribution in [3.8, 4) is 0 Å². The van der Waals surface area contributed by atoms with Crippen LogP contribution >= 0.6 is 0 Å². The highest BCUT2D eigenvalue weighted by molar-refractivity contribution is 5.83. The van der Waals surface area contributed by atoms with Gasteiger partial charge >= 0.3 is 6.18 Å². The zero-order chi connectivity index (χ0) is 13.1. The van der Waals surface area contributed by atoms with Crippen LogP contribution in [0.5, 0.6) is 0 Å². The Labute approximate surface area is 99.4 Å². The van der Waals surface area contributed by atoms with Gasteiger partial charge in [-0.3, -0.25) is 10.1 Å².